The Bertz CT molecular complexity index is 633. The van der Waals surface area contributed by atoms with Crippen LogP contribution in [0.1, 0.15) is 0 Å². The number of hydrogen-bond acceptors (Lipinski definition) is 0. The molecule has 0 atom stereocenters. The summed E-state index contributed by atoms with van der Waals surface area (Å²) in [7, 11) is 0. The summed E-state index contributed by atoms with van der Waals surface area (Å²) in [6.45, 7) is 0. The third-order valence-electron chi connectivity index (χ3n) is 3.47. The monoisotopic (exact) mass is 572 g/mol. The lowest BCUT2D eigenvalue weighted by Crippen LogP contribution is -2.76. The molecule has 0 spiro atoms. The minimum atomic E-state index is -9.24. The predicted molar refractivity (Wildman–Crippen MR) is 62.1 cm³/mol. The van der Waals surface area contributed by atoms with E-state index in [2.05, 4.69) is 0 Å². The van der Waals surface area contributed by atoms with Gasteiger partial charge in [0.1, 0.15) is 0 Å². The largest absolute Gasteiger partial charge is 0.460 e. The molecule has 0 fully saturated rings. The Morgan fingerprint density at radius 1 is 0.182 bits per heavy atom. The van der Waals surface area contributed by atoms with Crippen molar-refractivity contribution in [3.63, 3.8) is 0 Å². The molecular formula is C10H2F22S. The first-order chi connectivity index (χ1) is 13.2. The van der Waals surface area contributed by atoms with Gasteiger partial charge in [0, 0.05) is 0 Å². The molecule has 0 aliphatic heterocycles. The second-order valence-electron chi connectivity index (χ2n) is 5.59. The summed E-state index contributed by atoms with van der Waals surface area (Å²) in [5.74, 6) is -71.5. The van der Waals surface area contributed by atoms with Gasteiger partial charge in [-0.25, -0.2) is 0 Å². The number of halogens is 22. The van der Waals surface area contributed by atoms with Crippen LogP contribution in [-0.4, -0.2) is 59.7 Å². The van der Waals surface area contributed by atoms with Crippen molar-refractivity contribution in [3.8, 4) is 0 Å². The van der Waals surface area contributed by atoms with Crippen molar-refractivity contribution in [2.45, 2.75) is 59.7 Å². The Morgan fingerprint density at radius 3 is 0.364 bits per heavy atom. The average Bonchev–Trinajstić information content (AvgIpc) is 2.51. The van der Waals surface area contributed by atoms with Gasteiger partial charge in [0.2, 0.25) is 0 Å². The summed E-state index contributed by atoms with van der Waals surface area (Å²) in [5.41, 5.74) is 0. The van der Waals surface area contributed by atoms with Gasteiger partial charge in [-0.3, -0.25) is 0 Å². The second-order valence-corrected chi connectivity index (χ2v) is 5.59. The fourth-order valence-corrected chi connectivity index (χ4v) is 1.54. The molecule has 0 amide bonds. The maximum atomic E-state index is 13.1. The van der Waals surface area contributed by atoms with Crippen LogP contribution in [0.4, 0.5) is 96.6 Å². The minimum Gasteiger partial charge on any atom is -0.197 e. The molecule has 202 valence electrons. The van der Waals surface area contributed by atoms with Crippen LogP contribution in [0.5, 0.6) is 0 Å². The number of alkyl halides is 22. The van der Waals surface area contributed by atoms with E-state index in [0.717, 1.165) is 0 Å². The quantitative estimate of drug-likeness (QED) is 0.281. The molecule has 0 nitrogen and oxygen atoms in total. The van der Waals surface area contributed by atoms with E-state index in [1.807, 2.05) is 0 Å². The first-order valence-corrected chi connectivity index (χ1v) is 6.41. The van der Waals surface area contributed by atoms with E-state index in [4.69, 9.17) is 0 Å². The summed E-state index contributed by atoms with van der Waals surface area (Å²) in [5, 5.41) is 0. The highest BCUT2D eigenvalue weighted by Gasteiger charge is 2.98. The van der Waals surface area contributed by atoms with Crippen LogP contribution in [-0.2, 0) is 0 Å². The molecule has 0 aromatic carbocycles. The van der Waals surface area contributed by atoms with Gasteiger partial charge in [0.25, 0.3) is 0 Å². The molecule has 0 aromatic heterocycles. The molecule has 0 unspecified atom stereocenters. The molecule has 0 aliphatic carbocycles. The van der Waals surface area contributed by atoms with Crippen LogP contribution in [0.25, 0.3) is 0 Å². The molecular weight excluding hydrogens is 570 g/mol. The van der Waals surface area contributed by atoms with Gasteiger partial charge in [-0.1, -0.05) is 0 Å². The van der Waals surface area contributed by atoms with E-state index in [-0.39, 0.29) is 13.5 Å². The Morgan fingerprint density at radius 2 is 0.273 bits per heavy atom. The van der Waals surface area contributed by atoms with Gasteiger partial charge in [-0.15, -0.1) is 0 Å². The molecule has 0 N–H and O–H groups in total. The summed E-state index contributed by atoms with van der Waals surface area (Å²) < 4.78 is 276. The molecule has 23 heteroatoms. The highest BCUT2D eigenvalue weighted by atomic mass is 32.1. The summed E-state index contributed by atoms with van der Waals surface area (Å²) in [6.07, 6.45) is -16.1. The number of rotatable bonds is 7. The zero-order valence-corrected chi connectivity index (χ0v) is 14.8. The summed E-state index contributed by atoms with van der Waals surface area (Å²) >= 11 is 0. The summed E-state index contributed by atoms with van der Waals surface area (Å²) in [4.78, 5) is 0. The molecule has 0 saturated carbocycles. The lowest BCUT2D eigenvalue weighted by molar-refractivity contribution is -0.478. The van der Waals surface area contributed by atoms with Crippen molar-refractivity contribution in [2.75, 3.05) is 0 Å². The van der Waals surface area contributed by atoms with Crippen LogP contribution in [0.2, 0.25) is 0 Å². The van der Waals surface area contributed by atoms with Gasteiger partial charge in [-0.05, 0) is 0 Å². The zero-order valence-electron chi connectivity index (χ0n) is 13.8. The second kappa shape index (κ2) is 7.92. The fraction of sp³-hybridized carbons (Fsp3) is 1.00. The molecule has 0 saturated heterocycles. The third kappa shape index (κ3) is 4.01. The lowest BCUT2D eigenvalue weighted by atomic mass is 9.87. The topological polar surface area (TPSA) is 0 Å². The Kier molecular flexibility index (Phi) is 8.15. The smallest absolute Gasteiger partial charge is 0.197 e. The first-order valence-electron chi connectivity index (χ1n) is 6.41. The van der Waals surface area contributed by atoms with Gasteiger partial charge >= 0.3 is 59.7 Å². The van der Waals surface area contributed by atoms with Gasteiger partial charge < -0.3 is 0 Å². The minimum absolute atomic E-state index is 0. The van der Waals surface area contributed by atoms with E-state index in [9.17, 15) is 96.6 Å². The highest BCUT2D eigenvalue weighted by Crippen LogP contribution is 2.66. The van der Waals surface area contributed by atoms with Crippen molar-refractivity contribution in [1.82, 2.24) is 0 Å². The summed E-state index contributed by atoms with van der Waals surface area (Å²) in [6, 6.07) is 0. The Balaban J connectivity index is 0. The molecule has 0 rings (SSSR count). The van der Waals surface area contributed by atoms with Crippen molar-refractivity contribution < 1.29 is 96.6 Å². The Labute approximate surface area is 171 Å². The average molecular weight is 572 g/mol. The maximum Gasteiger partial charge on any atom is 0.460 e. The van der Waals surface area contributed by atoms with Gasteiger partial charge in [0.05, 0.1) is 0 Å². The first kappa shape index (κ1) is 34.0. The lowest BCUT2D eigenvalue weighted by Gasteiger charge is -2.43. The van der Waals surface area contributed by atoms with E-state index in [0.29, 0.717) is 0 Å². The molecule has 0 aliphatic rings. The van der Waals surface area contributed by atoms with Gasteiger partial charge in [0.15, 0.2) is 0 Å². The van der Waals surface area contributed by atoms with E-state index in [1.54, 1.807) is 0 Å². The maximum absolute atomic E-state index is 13.1. The van der Waals surface area contributed by atoms with Crippen LogP contribution in [0, 0.1) is 0 Å². The van der Waals surface area contributed by atoms with Crippen molar-refractivity contribution in [3.05, 3.63) is 0 Å². The molecule has 0 radical (unpaired) electrons. The van der Waals surface area contributed by atoms with E-state index in [1.165, 1.54) is 0 Å². The molecule has 33 heavy (non-hydrogen) atoms. The third-order valence-corrected chi connectivity index (χ3v) is 3.47. The normalized spacial score (nSPS) is 16.5. The van der Waals surface area contributed by atoms with Crippen LogP contribution in [0.15, 0.2) is 0 Å². The van der Waals surface area contributed by atoms with Crippen LogP contribution < -0.4 is 0 Å². The number of hydrogen-bond donors (Lipinski definition) is 0. The fourth-order valence-electron chi connectivity index (χ4n) is 1.54. The van der Waals surface area contributed by atoms with E-state index >= 15 is 0 Å². The SMILES string of the molecule is FC(F)(F)C(F)(F)C(F)(F)C(F)(F)C(F)(F)C(F)(F)C(F)(F)C(F)(F)C(F)(F)C(F)(F)F.S. The zero-order chi connectivity index (χ0) is 27.0. The van der Waals surface area contributed by atoms with Gasteiger partial charge in [-0.2, -0.15) is 110 Å². The molecule has 0 aromatic rings. The molecule has 0 bridgehead atoms. The van der Waals surface area contributed by atoms with Crippen molar-refractivity contribution in [2.24, 2.45) is 0 Å². The standard InChI is InChI=1S/C10F22.H2S/c11-1(12,3(15,16)5(19,20)7(23,24)9(27,28)29)2(13,14)4(17,18)6(21,22)8(25,26)10(30,31)32;/h;1H2. The highest BCUT2D eigenvalue weighted by molar-refractivity contribution is 7.59. The van der Waals surface area contributed by atoms with Crippen LogP contribution >= 0.6 is 13.5 Å². The van der Waals surface area contributed by atoms with Crippen LogP contribution in [0.3, 0.4) is 0 Å². The Hall–Kier alpha value is -1.19. The van der Waals surface area contributed by atoms with E-state index < -0.39 is 59.7 Å². The van der Waals surface area contributed by atoms with Crippen molar-refractivity contribution >= 4 is 13.5 Å². The predicted octanol–water partition coefficient (Wildman–Crippen LogP) is 7.31. The van der Waals surface area contributed by atoms with Crippen molar-refractivity contribution in [1.29, 1.82) is 0 Å². The molecule has 0 heterocycles.